The zero-order valence-corrected chi connectivity index (χ0v) is 28.6. The Morgan fingerprint density at radius 3 is 1.15 bits per heavy atom. The van der Waals surface area contributed by atoms with Crippen molar-refractivity contribution < 1.29 is 42.7 Å². The van der Waals surface area contributed by atoms with Gasteiger partial charge >= 0.3 is 5.97 Å². The van der Waals surface area contributed by atoms with E-state index >= 15 is 0 Å². The number of hydrogen-bond acceptors (Lipinski definition) is 9. The minimum absolute atomic E-state index is 0.158. The van der Waals surface area contributed by atoms with Crippen LogP contribution in [0.5, 0.6) is 0 Å². The number of carbonyl (C=O) groups excluding carboxylic acids is 1. The molecule has 0 aliphatic carbocycles. The van der Waals surface area contributed by atoms with Crippen molar-refractivity contribution in [3.63, 3.8) is 0 Å². The van der Waals surface area contributed by atoms with Crippen LogP contribution in [0.3, 0.4) is 0 Å². The first-order valence-electron chi connectivity index (χ1n) is 17.2. The van der Waals surface area contributed by atoms with E-state index in [0.29, 0.717) is 92.3 Å². The molecule has 48 heavy (non-hydrogen) atoms. The summed E-state index contributed by atoms with van der Waals surface area (Å²) in [5.41, 5.74) is 2.45. The fourth-order valence-electron chi connectivity index (χ4n) is 5.03. The summed E-state index contributed by atoms with van der Waals surface area (Å²) in [6, 6.07) is 31.0. The zero-order chi connectivity index (χ0) is 33.8. The van der Waals surface area contributed by atoms with Crippen molar-refractivity contribution in [3.8, 4) is 0 Å². The van der Waals surface area contributed by atoms with Crippen molar-refractivity contribution in [2.45, 2.75) is 38.2 Å². The van der Waals surface area contributed by atoms with Crippen LogP contribution in [0.1, 0.15) is 49.3 Å². The van der Waals surface area contributed by atoms with Crippen LogP contribution in [0.15, 0.2) is 91.0 Å². The summed E-state index contributed by atoms with van der Waals surface area (Å²) in [7, 11) is 0. The number of carbonyl (C=O) groups is 1. The fraction of sp³-hybridized carbons (Fsp3) is 0.513. The van der Waals surface area contributed by atoms with Crippen LogP contribution < -0.4 is 0 Å². The lowest BCUT2D eigenvalue weighted by molar-refractivity contribution is -0.145. The van der Waals surface area contributed by atoms with Crippen LogP contribution in [-0.2, 0) is 48.3 Å². The Kier molecular flexibility index (Phi) is 21.1. The molecule has 0 atom stereocenters. The molecule has 0 saturated carbocycles. The normalized spacial score (nSPS) is 11.5. The molecule has 0 aliphatic rings. The van der Waals surface area contributed by atoms with E-state index in [1.807, 2.05) is 54.6 Å². The molecule has 9 heteroatoms. The third kappa shape index (κ3) is 15.4. The Hall–Kier alpha value is -3.15. The van der Waals surface area contributed by atoms with E-state index < -0.39 is 5.60 Å². The van der Waals surface area contributed by atoms with Gasteiger partial charge in [0, 0.05) is 6.42 Å². The topological polar surface area (TPSA) is 90.9 Å². The van der Waals surface area contributed by atoms with Crippen molar-refractivity contribution in [1.29, 1.82) is 0 Å². The maximum Gasteiger partial charge on any atom is 0.305 e. The Bertz CT molecular complexity index is 1080. The van der Waals surface area contributed by atoms with E-state index in [1.54, 1.807) is 0 Å². The summed E-state index contributed by atoms with van der Waals surface area (Å²) in [4.78, 5) is 11.5. The van der Waals surface area contributed by atoms with Crippen LogP contribution >= 0.6 is 0 Å². The lowest BCUT2D eigenvalue weighted by Crippen LogP contribution is -2.34. The van der Waals surface area contributed by atoms with E-state index in [0.717, 1.165) is 36.0 Å². The molecule has 264 valence electrons. The number of unbranched alkanes of at least 4 members (excludes halogenated alkanes) is 2. The Morgan fingerprint density at radius 1 is 0.458 bits per heavy atom. The third-order valence-electron chi connectivity index (χ3n) is 7.42. The van der Waals surface area contributed by atoms with E-state index in [1.165, 1.54) is 0 Å². The number of rotatable bonds is 29. The molecule has 3 aromatic rings. The highest BCUT2D eigenvalue weighted by molar-refractivity contribution is 5.69. The highest BCUT2D eigenvalue weighted by atomic mass is 16.6. The van der Waals surface area contributed by atoms with Gasteiger partial charge in [-0.2, -0.15) is 0 Å². The second-order valence-corrected chi connectivity index (χ2v) is 11.0. The molecule has 0 heterocycles. The van der Waals surface area contributed by atoms with Gasteiger partial charge in [0.25, 0.3) is 0 Å². The van der Waals surface area contributed by atoms with Crippen LogP contribution in [-0.4, -0.2) is 98.5 Å². The molecule has 0 amide bonds. The summed E-state index contributed by atoms with van der Waals surface area (Å²) in [5, 5.41) is 0. The van der Waals surface area contributed by atoms with Gasteiger partial charge in [0.15, 0.2) is 0 Å². The summed E-state index contributed by atoms with van der Waals surface area (Å²) in [6.07, 6.45) is 3.49. The standard InChI is InChI=1S/C39H54O9/c1-2-3-7-20-38(40)47-33-31-45-29-27-43-25-23-41-21-22-42-24-26-44-28-30-46-32-34-48-39(35-14-8-4-9-15-35,36-16-10-5-11-17-36)37-18-12-6-13-19-37/h4-6,8-19H,2-3,7,20-34H2,1H3. The van der Waals surface area contributed by atoms with Gasteiger partial charge in [0.2, 0.25) is 0 Å². The van der Waals surface area contributed by atoms with Gasteiger partial charge in [0.1, 0.15) is 12.2 Å². The zero-order valence-electron chi connectivity index (χ0n) is 28.6. The minimum Gasteiger partial charge on any atom is -0.463 e. The molecule has 0 bridgehead atoms. The van der Waals surface area contributed by atoms with Crippen molar-refractivity contribution >= 4 is 5.97 Å². The van der Waals surface area contributed by atoms with Crippen LogP contribution in [0.2, 0.25) is 0 Å². The maximum absolute atomic E-state index is 11.5. The lowest BCUT2D eigenvalue weighted by atomic mass is 9.80. The second kappa shape index (κ2) is 25.8. The van der Waals surface area contributed by atoms with Gasteiger partial charge in [-0.15, -0.1) is 0 Å². The molecular formula is C39H54O9. The average Bonchev–Trinajstić information content (AvgIpc) is 3.13. The molecule has 3 aromatic carbocycles. The SMILES string of the molecule is CCCCCC(=O)OCCOCCOCCOCCOCCOCCOCCOC(c1ccccc1)(c1ccccc1)c1ccccc1. The third-order valence-corrected chi connectivity index (χ3v) is 7.42. The highest BCUT2D eigenvalue weighted by Crippen LogP contribution is 2.40. The van der Waals surface area contributed by atoms with Gasteiger partial charge < -0.3 is 37.9 Å². The molecule has 0 spiro atoms. The maximum atomic E-state index is 11.5. The highest BCUT2D eigenvalue weighted by Gasteiger charge is 2.37. The first-order valence-corrected chi connectivity index (χ1v) is 17.2. The van der Waals surface area contributed by atoms with Crippen LogP contribution in [0.25, 0.3) is 0 Å². The van der Waals surface area contributed by atoms with Gasteiger partial charge in [-0.25, -0.2) is 0 Å². The quantitative estimate of drug-likeness (QED) is 0.0487. The van der Waals surface area contributed by atoms with Crippen molar-refractivity contribution in [1.82, 2.24) is 0 Å². The van der Waals surface area contributed by atoms with Gasteiger partial charge in [-0.1, -0.05) is 111 Å². The fourth-order valence-corrected chi connectivity index (χ4v) is 5.03. The van der Waals surface area contributed by atoms with Crippen molar-refractivity contribution in [2.24, 2.45) is 0 Å². The predicted molar refractivity (Wildman–Crippen MR) is 185 cm³/mol. The summed E-state index contributed by atoms with van der Waals surface area (Å²) < 4.78 is 45.3. The second-order valence-electron chi connectivity index (χ2n) is 11.0. The summed E-state index contributed by atoms with van der Waals surface area (Å²) in [6.45, 7) is 8.41. The molecule has 0 N–H and O–H groups in total. The molecule has 0 radical (unpaired) electrons. The first-order chi connectivity index (χ1) is 23.8. The number of ether oxygens (including phenoxy) is 8. The summed E-state index contributed by atoms with van der Waals surface area (Å²) in [5.74, 6) is -0.158. The molecule has 0 saturated heterocycles. The Balaban J connectivity index is 1.16. The average molecular weight is 667 g/mol. The monoisotopic (exact) mass is 666 g/mol. The number of benzene rings is 3. The number of hydrogen-bond donors (Lipinski definition) is 0. The smallest absolute Gasteiger partial charge is 0.305 e. The van der Waals surface area contributed by atoms with Crippen molar-refractivity contribution in [2.75, 3.05) is 92.5 Å². The molecule has 0 aliphatic heterocycles. The molecule has 9 nitrogen and oxygen atoms in total. The Labute approximate surface area is 286 Å². The molecule has 0 fully saturated rings. The Morgan fingerprint density at radius 2 is 0.792 bits per heavy atom. The molecule has 3 rings (SSSR count). The number of esters is 1. The van der Waals surface area contributed by atoms with Gasteiger partial charge in [-0.3, -0.25) is 4.79 Å². The lowest BCUT2D eigenvalue weighted by Gasteiger charge is -2.36. The molecule has 0 aromatic heterocycles. The predicted octanol–water partition coefficient (Wildman–Crippen LogP) is 6.22. The molecule has 0 unspecified atom stereocenters. The van der Waals surface area contributed by atoms with E-state index in [-0.39, 0.29) is 12.6 Å². The summed E-state index contributed by atoms with van der Waals surface area (Å²) >= 11 is 0. The van der Waals surface area contributed by atoms with Crippen LogP contribution in [0, 0.1) is 0 Å². The minimum atomic E-state index is -0.750. The first kappa shape index (κ1) is 39.3. The van der Waals surface area contributed by atoms with E-state index in [4.69, 9.17) is 37.9 Å². The van der Waals surface area contributed by atoms with E-state index in [2.05, 4.69) is 43.3 Å². The largest absolute Gasteiger partial charge is 0.463 e. The van der Waals surface area contributed by atoms with Gasteiger partial charge in [0.05, 0.1) is 85.9 Å². The van der Waals surface area contributed by atoms with Crippen LogP contribution in [0.4, 0.5) is 0 Å². The van der Waals surface area contributed by atoms with Crippen molar-refractivity contribution in [3.05, 3.63) is 108 Å². The molecular weight excluding hydrogens is 612 g/mol. The van der Waals surface area contributed by atoms with Gasteiger partial charge in [-0.05, 0) is 23.1 Å². The van der Waals surface area contributed by atoms with E-state index in [9.17, 15) is 4.79 Å².